The summed E-state index contributed by atoms with van der Waals surface area (Å²) in [4.78, 5) is 39.5. The Bertz CT molecular complexity index is 1220. The number of H-pyrrole nitrogens is 1. The minimum Gasteiger partial charge on any atom is -0.465 e. The second-order valence-electron chi connectivity index (χ2n) is 6.61. The topological polar surface area (TPSA) is 93.2 Å². The molecule has 2 N–H and O–H groups in total. The van der Waals surface area contributed by atoms with E-state index in [2.05, 4.69) is 10.3 Å². The maximum atomic E-state index is 12.8. The van der Waals surface area contributed by atoms with Crippen LogP contribution < -0.4 is 10.9 Å². The zero-order valence-electron chi connectivity index (χ0n) is 16.2. The molecule has 1 aromatic heterocycles. The predicted octanol–water partition coefficient (Wildman–Crippen LogP) is 3.60. The highest BCUT2D eigenvalue weighted by atomic mass is 35.5. The number of benzene rings is 2. The van der Waals surface area contributed by atoms with Crippen LogP contribution in [-0.4, -0.2) is 28.5 Å². The molecule has 0 saturated heterocycles. The van der Waals surface area contributed by atoms with E-state index in [9.17, 15) is 14.4 Å². The molecule has 0 aliphatic heterocycles. The molecule has 0 radical (unpaired) electrons. The summed E-state index contributed by atoms with van der Waals surface area (Å²) < 4.78 is 6.33. The first kappa shape index (κ1) is 21.7. The molecular weight excluding hydrogens is 426 g/mol. The summed E-state index contributed by atoms with van der Waals surface area (Å²) in [5.41, 5.74) is 1.35. The highest BCUT2D eigenvalue weighted by molar-refractivity contribution is 7.71. The summed E-state index contributed by atoms with van der Waals surface area (Å²) in [6.45, 7) is 0.638. The lowest BCUT2D eigenvalue weighted by Gasteiger charge is -2.10. The molecule has 0 aliphatic carbocycles. The first-order valence-electron chi connectivity index (χ1n) is 9.26. The molecule has 0 spiro atoms. The van der Waals surface area contributed by atoms with Gasteiger partial charge in [0.15, 0.2) is 4.77 Å². The molecule has 0 saturated carbocycles. The summed E-state index contributed by atoms with van der Waals surface area (Å²) in [5, 5.41) is 3.82. The lowest BCUT2D eigenvalue weighted by molar-refractivity contribution is -0.121. The van der Waals surface area contributed by atoms with Gasteiger partial charge in [0.1, 0.15) is 0 Å². The number of halogens is 1. The van der Waals surface area contributed by atoms with Crippen molar-refractivity contribution in [1.82, 2.24) is 14.9 Å². The van der Waals surface area contributed by atoms with Crippen LogP contribution in [0.3, 0.4) is 0 Å². The first-order valence-corrected chi connectivity index (χ1v) is 10.0. The van der Waals surface area contributed by atoms with Crippen molar-refractivity contribution >= 4 is 46.6 Å². The zero-order valence-corrected chi connectivity index (χ0v) is 17.8. The molecule has 1 amide bonds. The van der Waals surface area contributed by atoms with Gasteiger partial charge >= 0.3 is 5.97 Å². The molecule has 9 heteroatoms. The molecule has 30 heavy (non-hydrogen) atoms. The van der Waals surface area contributed by atoms with E-state index in [1.807, 2.05) is 18.2 Å². The number of ether oxygens (including phenoxy) is 1. The SMILES string of the molecule is COC(=O)c1ccc2c(=O)n(CCCC(=O)NCc3ccccc3Cl)c(=S)[nH]c2c1. The largest absolute Gasteiger partial charge is 0.465 e. The average Bonchev–Trinajstić information content (AvgIpc) is 2.74. The highest BCUT2D eigenvalue weighted by Gasteiger charge is 2.11. The second kappa shape index (κ2) is 9.69. The molecule has 156 valence electrons. The van der Waals surface area contributed by atoms with Crippen LogP contribution in [0, 0.1) is 4.77 Å². The normalized spacial score (nSPS) is 10.7. The molecule has 0 unspecified atom stereocenters. The number of esters is 1. The van der Waals surface area contributed by atoms with Crippen LogP contribution in [0.5, 0.6) is 0 Å². The number of carbonyl (C=O) groups is 2. The standard InChI is InChI=1S/C21H20ClN3O4S/c1-29-20(28)13-8-9-15-17(11-13)24-21(30)25(19(15)27)10-4-7-18(26)23-12-14-5-2-3-6-16(14)22/h2-3,5-6,8-9,11H,4,7,10,12H2,1H3,(H,23,26)(H,24,30). The van der Waals surface area contributed by atoms with Gasteiger partial charge in [-0.25, -0.2) is 4.79 Å². The fraction of sp³-hybridized carbons (Fsp3) is 0.238. The smallest absolute Gasteiger partial charge is 0.337 e. The number of hydrogen-bond acceptors (Lipinski definition) is 5. The number of amides is 1. The van der Waals surface area contributed by atoms with E-state index < -0.39 is 5.97 Å². The Labute approximate surface area is 182 Å². The minimum absolute atomic E-state index is 0.138. The Morgan fingerprint density at radius 1 is 1.23 bits per heavy atom. The number of hydrogen-bond donors (Lipinski definition) is 2. The number of aromatic amines is 1. The van der Waals surface area contributed by atoms with Gasteiger partial charge in [-0.1, -0.05) is 29.8 Å². The van der Waals surface area contributed by atoms with Crippen LogP contribution in [0.1, 0.15) is 28.8 Å². The Morgan fingerprint density at radius 2 is 2.00 bits per heavy atom. The van der Waals surface area contributed by atoms with Gasteiger partial charge in [-0.15, -0.1) is 0 Å². The molecule has 1 heterocycles. The third-order valence-corrected chi connectivity index (χ3v) is 5.31. The lowest BCUT2D eigenvalue weighted by Crippen LogP contribution is -2.25. The van der Waals surface area contributed by atoms with Gasteiger partial charge in [-0.2, -0.15) is 0 Å². The van der Waals surface area contributed by atoms with Crippen molar-refractivity contribution in [2.24, 2.45) is 0 Å². The van der Waals surface area contributed by atoms with Gasteiger partial charge in [0.05, 0.1) is 23.6 Å². The maximum absolute atomic E-state index is 12.8. The van der Waals surface area contributed by atoms with Crippen molar-refractivity contribution in [2.45, 2.75) is 25.9 Å². The fourth-order valence-corrected chi connectivity index (χ4v) is 3.51. The third-order valence-electron chi connectivity index (χ3n) is 4.62. The van der Waals surface area contributed by atoms with E-state index in [0.717, 1.165) is 5.56 Å². The van der Waals surface area contributed by atoms with E-state index in [4.69, 9.17) is 28.6 Å². The van der Waals surface area contributed by atoms with Gasteiger partial charge in [0.25, 0.3) is 5.56 Å². The van der Waals surface area contributed by atoms with E-state index in [1.165, 1.54) is 23.8 Å². The quantitative estimate of drug-likeness (QED) is 0.428. The van der Waals surface area contributed by atoms with Gasteiger partial charge < -0.3 is 15.0 Å². The lowest BCUT2D eigenvalue weighted by atomic mass is 10.1. The Kier molecular flexibility index (Phi) is 7.02. The van der Waals surface area contributed by atoms with E-state index >= 15 is 0 Å². The predicted molar refractivity (Wildman–Crippen MR) is 117 cm³/mol. The van der Waals surface area contributed by atoms with Gasteiger partial charge in [-0.05, 0) is 48.5 Å². The number of aromatic nitrogens is 2. The Morgan fingerprint density at radius 3 is 2.73 bits per heavy atom. The zero-order chi connectivity index (χ0) is 21.7. The molecular formula is C21H20ClN3O4S. The maximum Gasteiger partial charge on any atom is 0.337 e. The minimum atomic E-state index is -0.497. The number of rotatable bonds is 7. The molecule has 0 atom stereocenters. The number of carbonyl (C=O) groups excluding carboxylic acids is 2. The summed E-state index contributed by atoms with van der Waals surface area (Å²) in [6, 6.07) is 11.9. The molecule has 0 aliphatic rings. The van der Waals surface area contributed by atoms with Gasteiger partial charge in [0.2, 0.25) is 5.91 Å². The van der Waals surface area contributed by atoms with Crippen molar-refractivity contribution in [3.63, 3.8) is 0 Å². The first-order chi connectivity index (χ1) is 14.4. The van der Waals surface area contributed by atoms with Crippen molar-refractivity contribution in [1.29, 1.82) is 0 Å². The van der Waals surface area contributed by atoms with E-state index in [1.54, 1.807) is 12.1 Å². The number of nitrogens with one attached hydrogen (secondary N) is 2. The van der Waals surface area contributed by atoms with Crippen molar-refractivity contribution in [3.05, 3.63) is 73.7 Å². The fourth-order valence-electron chi connectivity index (χ4n) is 3.02. The molecule has 0 fully saturated rings. The van der Waals surface area contributed by atoms with Crippen LogP contribution in [0.15, 0.2) is 47.3 Å². The van der Waals surface area contributed by atoms with E-state index in [-0.39, 0.29) is 22.7 Å². The summed E-state index contributed by atoms with van der Waals surface area (Å²) in [5.74, 6) is -0.635. The van der Waals surface area contributed by atoms with E-state index in [0.29, 0.717) is 41.0 Å². The number of nitrogens with zero attached hydrogens (tertiary/aromatic N) is 1. The average molecular weight is 446 g/mol. The second-order valence-corrected chi connectivity index (χ2v) is 7.40. The summed E-state index contributed by atoms with van der Waals surface area (Å²) >= 11 is 11.4. The van der Waals surface area contributed by atoms with Crippen LogP contribution >= 0.6 is 23.8 Å². The third kappa shape index (κ3) is 4.95. The molecule has 2 aromatic carbocycles. The van der Waals surface area contributed by atoms with Crippen molar-refractivity contribution in [3.8, 4) is 0 Å². The Hall–Kier alpha value is -2.97. The molecule has 7 nitrogen and oxygen atoms in total. The van der Waals surface area contributed by atoms with Gasteiger partial charge in [0, 0.05) is 24.5 Å². The van der Waals surface area contributed by atoms with Crippen LogP contribution in [0.25, 0.3) is 10.9 Å². The van der Waals surface area contributed by atoms with Crippen molar-refractivity contribution < 1.29 is 14.3 Å². The Balaban J connectivity index is 1.65. The van der Waals surface area contributed by atoms with Crippen LogP contribution in [0.4, 0.5) is 0 Å². The molecule has 0 bridgehead atoms. The van der Waals surface area contributed by atoms with Gasteiger partial charge in [-0.3, -0.25) is 14.2 Å². The summed E-state index contributed by atoms with van der Waals surface area (Å²) in [6.07, 6.45) is 0.683. The number of methoxy groups -OCH3 is 1. The molecule has 3 aromatic rings. The number of fused-ring (bicyclic) bond motifs is 1. The molecule has 3 rings (SSSR count). The highest BCUT2D eigenvalue weighted by Crippen LogP contribution is 2.14. The van der Waals surface area contributed by atoms with Crippen LogP contribution in [-0.2, 0) is 22.6 Å². The van der Waals surface area contributed by atoms with Crippen LogP contribution in [0.2, 0.25) is 5.02 Å². The van der Waals surface area contributed by atoms with Crippen molar-refractivity contribution in [2.75, 3.05) is 7.11 Å². The summed E-state index contributed by atoms with van der Waals surface area (Å²) in [7, 11) is 1.29. The monoisotopic (exact) mass is 445 g/mol.